The third-order valence-corrected chi connectivity index (χ3v) is 24.9. The van der Waals surface area contributed by atoms with Crippen molar-refractivity contribution >= 4 is 75.4 Å². The molecule has 0 fully saturated rings. The van der Waals surface area contributed by atoms with Gasteiger partial charge in [0.25, 0.3) is 0 Å². The molecule has 10 heteroatoms. The Morgan fingerprint density at radius 3 is 0.679 bits per heavy atom. The Morgan fingerprint density at radius 1 is 0.284 bits per heavy atom. The van der Waals surface area contributed by atoms with Crippen LogP contribution in [0.15, 0.2) is 36.5 Å². The molecule has 0 spiro atoms. The molecule has 476 valence electrons. The average molecular weight is 1300 g/mol. The van der Waals surface area contributed by atoms with E-state index < -0.39 is 55.3 Å². The van der Waals surface area contributed by atoms with Crippen molar-refractivity contribution < 1.29 is 23.6 Å². The van der Waals surface area contributed by atoms with E-state index in [1.54, 1.807) is 0 Å². The SMILES string of the molecule is CCCCCCCC/C=C\CCCCCCCCC(CS)C(=O)[O][Sn]([CH2]CCCCCCC)([O]C(=O)C(CS)CCCCCCCC/C=C\CCCCCCCC)[O]C(=O)C(CS)CCCCCCCC/C=C\CCCCCCCC. The van der Waals surface area contributed by atoms with Crippen LogP contribution in [-0.4, -0.2) is 54.8 Å². The molecule has 0 N–H and O–H groups in total. The second-order valence-electron chi connectivity index (χ2n) is 24.3. The van der Waals surface area contributed by atoms with Gasteiger partial charge in [0.2, 0.25) is 0 Å². The van der Waals surface area contributed by atoms with E-state index >= 15 is 0 Å². The zero-order valence-corrected chi connectivity index (χ0v) is 59.4. The van der Waals surface area contributed by atoms with Crippen LogP contribution in [0, 0.1) is 17.8 Å². The third-order valence-electron chi connectivity index (χ3n) is 16.5. The van der Waals surface area contributed by atoms with Gasteiger partial charge in [-0.05, 0) is 38.5 Å². The fraction of sp³-hybridized carbons (Fsp3) is 0.873. The van der Waals surface area contributed by atoms with E-state index in [-0.39, 0.29) is 0 Å². The number of thiol groups is 3. The van der Waals surface area contributed by atoms with E-state index in [0.29, 0.717) is 47.4 Å². The first-order valence-electron chi connectivity index (χ1n) is 35.2. The molecule has 6 nitrogen and oxygen atoms in total. The summed E-state index contributed by atoms with van der Waals surface area (Å²) >= 11 is 8.73. The van der Waals surface area contributed by atoms with Gasteiger partial charge in [-0.3, -0.25) is 0 Å². The van der Waals surface area contributed by atoms with Gasteiger partial charge in [-0.2, -0.15) is 0 Å². The molecular weight excluding hydrogens is 1160 g/mol. The van der Waals surface area contributed by atoms with Crippen molar-refractivity contribution in [2.24, 2.45) is 17.8 Å². The third kappa shape index (κ3) is 52.3. The van der Waals surface area contributed by atoms with Crippen molar-refractivity contribution in [3.63, 3.8) is 0 Å². The first kappa shape index (κ1) is 80.5. The molecule has 0 saturated carbocycles. The zero-order valence-electron chi connectivity index (χ0n) is 53.9. The minimum atomic E-state index is -5.29. The topological polar surface area (TPSA) is 78.9 Å². The summed E-state index contributed by atoms with van der Waals surface area (Å²) in [6.07, 6.45) is 73.7. The summed E-state index contributed by atoms with van der Waals surface area (Å²) < 4.78 is 20.0. The van der Waals surface area contributed by atoms with Gasteiger partial charge in [0.1, 0.15) is 0 Å². The summed E-state index contributed by atoms with van der Waals surface area (Å²) in [5.74, 6) is -1.69. The van der Waals surface area contributed by atoms with Crippen LogP contribution in [0.3, 0.4) is 0 Å². The molecule has 0 aliphatic rings. The maximum atomic E-state index is 14.4. The molecule has 0 aliphatic carbocycles. The average Bonchev–Trinajstić information content (AvgIpc) is 3.46. The first-order chi connectivity index (χ1) is 39.8. The standard InChI is InChI=1S/3C21H40O2S.C8H17.Sn/c3*1-2-3-4-5-6-7-8-9-10-11-12-13-14-15-16-17-18-20(19-24)21(22)23;1-3-5-7-8-6-4-2;/h3*9-10,20,24H,2-8,11-19H2,1H3,(H,22,23);1,3-8H2,2H3;/q;;;;+3/p-3/b3*10-9-;;. The van der Waals surface area contributed by atoms with Gasteiger partial charge in [0, 0.05) is 0 Å². The maximum absolute atomic E-state index is 14.4. The Bertz CT molecular complexity index is 1300. The Morgan fingerprint density at radius 2 is 0.469 bits per heavy atom. The molecule has 0 rings (SSSR count). The molecule has 3 atom stereocenters. The van der Waals surface area contributed by atoms with Crippen LogP contribution >= 0.6 is 37.9 Å². The fourth-order valence-corrected chi connectivity index (χ4v) is 19.0. The number of carbonyl (C=O) groups is 3. The minimum Gasteiger partial charge on any atom is -0.0885 e. The molecule has 0 bridgehead atoms. The van der Waals surface area contributed by atoms with Crippen LogP contribution in [0.4, 0.5) is 0 Å². The van der Waals surface area contributed by atoms with Gasteiger partial charge in [0.15, 0.2) is 0 Å². The molecule has 3 unspecified atom stereocenters. The van der Waals surface area contributed by atoms with Gasteiger partial charge in [-0.25, -0.2) is 0 Å². The molecule has 0 heterocycles. The Hall–Kier alpha value is -0.521. The molecule has 0 radical (unpaired) electrons. The summed E-state index contributed by atoms with van der Waals surface area (Å²) in [5, 5.41) is 0. The van der Waals surface area contributed by atoms with Crippen LogP contribution in [0.1, 0.15) is 355 Å². The zero-order chi connectivity index (χ0) is 59.2. The Balaban J connectivity index is 5.73. The smallest absolute Gasteiger partial charge is 0.0885 e. The van der Waals surface area contributed by atoms with Gasteiger partial charge >= 0.3 is 356 Å². The Kier molecular flexibility index (Phi) is 63.6. The minimum absolute atomic E-state index is 0.304. The van der Waals surface area contributed by atoms with E-state index in [2.05, 4.69) is 102 Å². The van der Waals surface area contributed by atoms with E-state index in [9.17, 15) is 14.4 Å². The van der Waals surface area contributed by atoms with Crippen molar-refractivity contribution in [2.45, 2.75) is 360 Å². The predicted octanol–water partition coefficient (Wildman–Crippen LogP) is 23.8. The van der Waals surface area contributed by atoms with Gasteiger partial charge in [-0.15, -0.1) is 0 Å². The van der Waals surface area contributed by atoms with Gasteiger partial charge < -0.3 is 0 Å². The number of allylic oxidation sites excluding steroid dienone is 6. The number of hydrogen-bond acceptors (Lipinski definition) is 9. The molecule has 0 aromatic heterocycles. The van der Waals surface area contributed by atoms with Crippen LogP contribution in [-0.2, 0) is 23.6 Å². The summed E-state index contributed by atoms with van der Waals surface area (Å²) in [7, 11) is 0. The molecular formula is C71H134O6S3Sn. The van der Waals surface area contributed by atoms with Gasteiger partial charge in [-0.1, -0.05) is 135 Å². The molecule has 0 aliphatic heterocycles. The van der Waals surface area contributed by atoms with Crippen LogP contribution in [0.5, 0.6) is 0 Å². The second kappa shape index (κ2) is 64.0. The van der Waals surface area contributed by atoms with E-state index in [0.717, 1.165) is 109 Å². The fourth-order valence-electron chi connectivity index (χ4n) is 10.8. The number of unbranched alkanes of at least 4 members (excludes halogenated alkanes) is 41. The van der Waals surface area contributed by atoms with E-state index in [4.69, 9.17) is 9.22 Å². The van der Waals surface area contributed by atoms with Crippen molar-refractivity contribution in [2.75, 3.05) is 17.3 Å². The van der Waals surface area contributed by atoms with Crippen molar-refractivity contribution in [1.82, 2.24) is 0 Å². The van der Waals surface area contributed by atoms with Crippen molar-refractivity contribution in [3.05, 3.63) is 36.5 Å². The first-order valence-corrected chi connectivity index (χ1v) is 42.6. The normalized spacial score (nSPS) is 13.8. The van der Waals surface area contributed by atoms with E-state index in [1.165, 1.54) is 193 Å². The number of rotatable bonds is 64. The summed E-state index contributed by atoms with van der Waals surface area (Å²) in [5.41, 5.74) is 0. The quantitative estimate of drug-likeness (QED) is 0.0244. The molecule has 81 heavy (non-hydrogen) atoms. The second-order valence-corrected chi connectivity index (χ2v) is 32.5. The Labute approximate surface area is 526 Å². The summed E-state index contributed by atoms with van der Waals surface area (Å²) in [4.78, 5) is 43.3. The van der Waals surface area contributed by atoms with Crippen LogP contribution < -0.4 is 0 Å². The monoisotopic (exact) mass is 1300 g/mol. The van der Waals surface area contributed by atoms with E-state index in [1.807, 2.05) is 0 Å². The molecule has 0 aromatic rings. The van der Waals surface area contributed by atoms with Crippen LogP contribution in [0.2, 0.25) is 4.44 Å². The van der Waals surface area contributed by atoms with Crippen molar-refractivity contribution in [3.8, 4) is 0 Å². The summed E-state index contributed by atoms with van der Waals surface area (Å²) in [6.45, 7) is 9.03. The van der Waals surface area contributed by atoms with Crippen LogP contribution in [0.25, 0.3) is 0 Å². The summed E-state index contributed by atoms with van der Waals surface area (Å²) in [6, 6.07) is 0. The molecule has 0 aromatic carbocycles. The molecule has 0 saturated heterocycles. The van der Waals surface area contributed by atoms with Crippen molar-refractivity contribution in [1.29, 1.82) is 0 Å². The van der Waals surface area contributed by atoms with Gasteiger partial charge in [0.05, 0.1) is 0 Å². The number of hydrogen-bond donors (Lipinski definition) is 3. The molecule has 0 amide bonds. The predicted molar refractivity (Wildman–Crippen MR) is 366 cm³/mol. The number of carbonyl (C=O) groups excluding carboxylic acids is 3.